The number of hydrogen-bond donors (Lipinski definition) is 1. The van der Waals surface area contributed by atoms with Gasteiger partial charge in [0.2, 0.25) is 0 Å². The summed E-state index contributed by atoms with van der Waals surface area (Å²) >= 11 is 5.97. The molecule has 1 aromatic heterocycles. The third-order valence-electron chi connectivity index (χ3n) is 6.33. The van der Waals surface area contributed by atoms with E-state index in [1.807, 2.05) is 78.4 Å². The minimum absolute atomic E-state index is 0.251. The highest BCUT2D eigenvalue weighted by Crippen LogP contribution is 2.27. The van der Waals surface area contributed by atoms with E-state index in [0.29, 0.717) is 30.5 Å². The van der Waals surface area contributed by atoms with Crippen LogP contribution < -0.4 is 9.47 Å². The topological polar surface area (TPSA) is 69.0 Å². The quantitative estimate of drug-likeness (QED) is 0.191. The minimum atomic E-state index is -0.538. The van der Waals surface area contributed by atoms with Crippen LogP contribution >= 0.6 is 11.6 Å². The summed E-state index contributed by atoms with van der Waals surface area (Å²) in [5.74, 6) is 2.96. The van der Waals surface area contributed by atoms with Gasteiger partial charge in [-0.15, -0.1) is 0 Å². The SMILES string of the molecule is CCOCc1nc(-c2ccc(OCC(O)CN(CC)CC)cc2)cn1-c1ccc(Oc2ccc(Cl)cc2)cc1. The van der Waals surface area contributed by atoms with Crippen LogP contribution in [0.25, 0.3) is 16.9 Å². The van der Waals surface area contributed by atoms with E-state index < -0.39 is 6.10 Å². The lowest BCUT2D eigenvalue weighted by atomic mass is 10.1. The lowest BCUT2D eigenvalue weighted by Crippen LogP contribution is -2.35. The smallest absolute Gasteiger partial charge is 0.140 e. The number of imidazole rings is 1. The summed E-state index contributed by atoms with van der Waals surface area (Å²) in [4.78, 5) is 7.03. The molecule has 206 valence electrons. The molecular weight excluding hydrogens is 514 g/mol. The first-order valence-electron chi connectivity index (χ1n) is 13.3. The number of hydrogen-bond acceptors (Lipinski definition) is 6. The van der Waals surface area contributed by atoms with Crippen molar-refractivity contribution >= 4 is 11.6 Å². The molecule has 1 heterocycles. The lowest BCUT2D eigenvalue weighted by molar-refractivity contribution is 0.0716. The molecule has 0 aliphatic rings. The number of aliphatic hydroxyl groups is 1. The summed E-state index contributed by atoms with van der Waals surface area (Å²) in [7, 11) is 0. The number of benzene rings is 3. The highest BCUT2D eigenvalue weighted by Gasteiger charge is 2.13. The molecule has 39 heavy (non-hydrogen) atoms. The maximum absolute atomic E-state index is 10.3. The Hall–Kier alpha value is -3.36. The van der Waals surface area contributed by atoms with Gasteiger partial charge in [0.05, 0.1) is 5.69 Å². The van der Waals surface area contributed by atoms with Gasteiger partial charge in [0.25, 0.3) is 0 Å². The zero-order chi connectivity index (χ0) is 27.6. The molecule has 0 radical (unpaired) electrons. The number of halogens is 1. The maximum atomic E-state index is 10.3. The molecular formula is C31H36ClN3O4. The van der Waals surface area contributed by atoms with Gasteiger partial charge in [-0.2, -0.15) is 0 Å². The van der Waals surface area contributed by atoms with E-state index in [2.05, 4.69) is 18.7 Å². The number of nitrogens with zero attached hydrogens (tertiary/aromatic N) is 3. The first kappa shape index (κ1) is 28.6. The van der Waals surface area contributed by atoms with Gasteiger partial charge in [0.1, 0.15) is 42.4 Å². The van der Waals surface area contributed by atoms with Crippen LogP contribution in [0.4, 0.5) is 0 Å². The van der Waals surface area contributed by atoms with Crippen LogP contribution in [0.3, 0.4) is 0 Å². The van der Waals surface area contributed by atoms with Gasteiger partial charge in [0, 0.05) is 35.6 Å². The highest BCUT2D eigenvalue weighted by atomic mass is 35.5. The fourth-order valence-corrected chi connectivity index (χ4v) is 4.26. The van der Waals surface area contributed by atoms with E-state index in [9.17, 15) is 5.11 Å². The predicted octanol–water partition coefficient (Wildman–Crippen LogP) is 6.60. The molecule has 1 atom stereocenters. The Morgan fingerprint density at radius 1 is 0.872 bits per heavy atom. The monoisotopic (exact) mass is 549 g/mol. The van der Waals surface area contributed by atoms with Crippen LogP contribution in [0.2, 0.25) is 5.02 Å². The summed E-state index contributed by atoms with van der Waals surface area (Å²) < 4.78 is 19.5. The van der Waals surface area contributed by atoms with Gasteiger partial charge in [0.15, 0.2) is 0 Å². The van der Waals surface area contributed by atoms with Crippen LogP contribution in [-0.2, 0) is 11.3 Å². The van der Waals surface area contributed by atoms with Crippen molar-refractivity contribution in [2.75, 3.05) is 32.8 Å². The Balaban J connectivity index is 1.46. The minimum Gasteiger partial charge on any atom is -0.491 e. The second-order valence-electron chi connectivity index (χ2n) is 9.07. The Labute approximate surface area is 235 Å². The van der Waals surface area contributed by atoms with Crippen LogP contribution in [0.15, 0.2) is 79.0 Å². The van der Waals surface area contributed by atoms with Gasteiger partial charge in [-0.25, -0.2) is 4.98 Å². The van der Waals surface area contributed by atoms with Crippen molar-refractivity contribution in [2.24, 2.45) is 0 Å². The van der Waals surface area contributed by atoms with Crippen LogP contribution in [-0.4, -0.2) is 58.5 Å². The summed E-state index contributed by atoms with van der Waals surface area (Å²) in [6, 6.07) is 22.9. The van der Waals surface area contributed by atoms with E-state index in [-0.39, 0.29) is 6.61 Å². The Morgan fingerprint density at radius 2 is 1.49 bits per heavy atom. The van der Waals surface area contributed by atoms with Crippen LogP contribution in [0.1, 0.15) is 26.6 Å². The zero-order valence-corrected chi connectivity index (χ0v) is 23.5. The molecule has 1 unspecified atom stereocenters. The third-order valence-corrected chi connectivity index (χ3v) is 6.59. The summed E-state index contributed by atoms with van der Waals surface area (Å²) in [6.07, 6.45) is 1.47. The number of likely N-dealkylation sites (N-methyl/N-ethyl adjacent to an activating group) is 1. The van der Waals surface area contributed by atoms with Gasteiger partial charge >= 0.3 is 0 Å². The molecule has 0 fully saturated rings. The number of aliphatic hydroxyl groups excluding tert-OH is 1. The molecule has 0 saturated carbocycles. The van der Waals surface area contributed by atoms with E-state index in [0.717, 1.165) is 47.4 Å². The first-order valence-corrected chi connectivity index (χ1v) is 13.7. The molecule has 3 aromatic carbocycles. The van der Waals surface area contributed by atoms with E-state index in [1.54, 1.807) is 12.1 Å². The predicted molar refractivity (Wildman–Crippen MR) is 155 cm³/mol. The van der Waals surface area contributed by atoms with Crippen molar-refractivity contribution in [3.63, 3.8) is 0 Å². The average Bonchev–Trinajstić information content (AvgIpc) is 3.39. The summed E-state index contributed by atoms with van der Waals surface area (Å²) in [5.41, 5.74) is 2.75. The molecule has 0 aliphatic carbocycles. The number of rotatable bonds is 14. The van der Waals surface area contributed by atoms with Gasteiger partial charge in [-0.1, -0.05) is 25.4 Å². The molecule has 0 aliphatic heterocycles. The van der Waals surface area contributed by atoms with Crippen molar-refractivity contribution in [3.8, 4) is 34.2 Å². The first-order chi connectivity index (χ1) is 19.0. The largest absolute Gasteiger partial charge is 0.491 e. The number of ether oxygens (including phenoxy) is 3. The highest BCUT2D eigenvalue weighted by molar-refractivity contribution is 6.30. The van der Waals surface area contributed by atoms with E-state index in [1.165, 1.54) is 0 Å². The van der Waals surface area contributed by atoms with Crippen molar-refractivity contribution < 1.29 is 19.3 Å². The molecule has 0 spiro atoms. The van der Waals surface area contributed by atoms with Crippen LogP contribution in [0, 0.1) is 0 Å². The third kappa shape index (κ3) is 8.07. The van der Waals surface area contributed by atoms with Gasteiger partial charge in [-0.3, -0.25) is 0 Å². The molecule has 1 N–H and O–H groups in total. The Kier molecular flexibility index (Phi) is 10.4. The molecule has 8 heteroatoms. The zero-order valence-electron chi connectivity index (χ0n) is 22.7. The Morgan fingerprint density at radius 3 is 2.10 bits per heavy atom. The van der Waals surface area contributed by atoms with Crippen molar-refractivity contribution in [1.82, 2.24) is 14.5 Å². The fraction of sp³-hybridized carbons (Fsp3) is 0.323. The van der Waals surface area contributed by atoms with E-state index in [4.69, 9.17) is 30.8 Å². The van der Waals surface area contributed by atoms with E-state index >= 15 is 0 Å². The molecule has 7 nitrogen and oxygen atoms in total. The number of aromatic nitrogens is 2. The standard InChI is InChI=1S/C31H36ClN3O4/c1-4-34(5-2)19-26(36)21-38-27-13-7-23(8-14-27)30-20-35(31(33-30)22-37-6-3)25-11-17-29(18-12-25)39-28-15-9-24(32)10-16-28/h7-18,20,26,36H,4-6,19,21-22H2,1-3H3. The molecule has 4 rings (SSSR count). The fourth-order valence-electron chi connectivity index (χ4n) is 4.14. The van der Waals surface area contributed by atoms with Crippen molar-refractivity contribution in [3.05, 3.63) is 89.8 Å². The molecule has 0 saturated heterocycles. The second kappa shape index (κ2) is 14.1. The molecule has 4 aromatic rings. The van der Waals surface area contributed by atoms with Crippen molar-refractivity contribution in [1.29, 1.82) is 0 Å². The maximum Gasteiger partial charge on any atom is 0.140 e. The molecule has 0 bridgehead atoms. The van der Waals surface area contributed by atoms with Gasteiger partial charge < -0.3 is 28.8 Å². The Bertz CT molecular complexity index is 1290. The lowest BCUT2D eigenvalue weighted by Gasteiger charge is -2.21. The molecule has 0 amide bonds. The second-order valence-corrected chi connectivity index (χ2v) is 9.51. The summed E-state index contributed by atoms with van der Waals surface area (Å²) in [5, 5.41) is 11.0. The van der Waals surface area contributed by atoms with Gasteiger partial charge in [-0.05, 0) is 92.8 Å². The van der Waals surface area contributed by atoms with Crippen LogP contribution in [0.5, 0.6) is 17.2 Å². The summed E-state index contributed by atoms with van der Waals surface area (Å²) in [6.45, 7) is 9.79. The normalized spacial score (nSPS) is 12.1. The van der Waals surface area contributed by atoms with Crippen molar-refractivity contribution in [2.45, 2.75) is 33.5 Å². The average molecular weight is 550 g/mol.